The molecule has 0 saturated heterocycles. The Kier molecular flexibility index (Phi) is 4.54. The van der Waals surface area contributed by atoms with Gasteiger partial charge in [-0.05, 0) is 52.2 Å². The number of pyridine rings is 1. The molecular formula is C16H21ClN4O3. The summed E-state index contributed by atoms with van der Waals surface area (Å²) in [5.74, 6) is 0. The van der Waals surface area contributed by atoms with Crippen LogP contribution in [0.3, 0.4) is 0 Å². The number of hydrogen-bond donors (Lipinski definition) is 2. The van der Waals surface area contributed by atoms with Gasteiger partial charge in [-0.2, -0.15) is 4.98 Å². The fourth-order valence-corrected chi connectivity index (χ4v) is 2.92. The number of aromatic nitrogens is 2. The predicted molar refractivity (Wildman–Crippen MR) is 91.2 cm³/mol. The number of fused-ring (bicyclic) bond motifs is 1. The van der Waals surface area contributed by atoms with Gasteiger partial charge in [0.05, 0.1) is 12.1 Å². The fraction of sp³-hybridized carbons (Fsp3) is 0.562. The number of alkyl carbamates (subject to hydrolysis) is 1. The Balaban J connectivity index is 1.65. The first-order chi connectivity index (χ1) is 11.3. The van der Waals surface area contributed by atoms with Gasteiger partial charge in [-0.25, -0.2) is 9.78 Å². The lowest BCUT2D eigenvalue weighted by Gasteiger charge is -2.24. The zero-order chi connectivity index (χ0) is 17.3. The van der Waals surface area contributed by atoms with Crippen LogP contribution in [0, 0.1) is 0 Å². The minimum Gasteiger partial charge on any atom is -0.444 e. The molecule has 0 spiro atoms. The average Bonchev–Trinajstić information content (AvgIpc) is 3.03. The van der Waals surface area contributed by atoms with Crippen molar-refractivity contribution in [1.29, 1.82) is 0 Å². The predicted octanol–water partition coefficient (Wildman–Crippen LogP) is 3.73. The first kappa shape index (κ1) is 16.8. The van der Waals surface area contributed by atoms with Crippen molar-refractivity contribution in [2.24, 2.45) is 0 Å². The van der Waals surface area contributed by atoms with Crippen LogP contribution >= 0.6 is 11.6 Å². The van der Waals surface area contributed by atoms with Crippen molar-refractivity contribution in [1.82, 2.24) is 15.3 Å². The number of halogens is 1. The number of ether oxygens (including phenoxy) is 1. The van der Waals surface area contributed by atoms with E-state index in [0.717, 1.165) is 19.3 Å². The zero-order valence-electron chi connectivity index (χ0n) is 13.9. The molecule has 1 aliphatic rings. The summed E-state index contributed by atoms with van der Waals surface area (Å²) in [5, 5.41) is 6.52. The van der Waals surface area contributed by atoms with E-state index < -0.39 is 11.7 Å². The molecule has 1 amide bonds. The van der Waals surface area contributed by atoms with Gasteiger partial charge >= 0.3 is 6.09 Å². The van der Waals surface area contributed by atoms with Crippen molar-refractivity contribution in [3.05, 3.63) is 17.3 Å². The van der Waals surface area contributed by atoms with Crippen LogP contribution in [0.15, 0.2) is 16.5 Å². The number of amides is 1. The summed E-state index contributed by atoms with van der Waals surface area (Å²) in [4.78, 5) is 20.4. The Morgan fingerprint density at radius 2 is 2.04 bits per heavy atom. The molecule has 0 unspecified atom stereocenters. The highest BCUT2D eigenvalue weighted by molar-refractivity contribution is 6.29. The highest BCUT2D eigenvalue weighted by Gasteiger charge is 2.31. The molecule has 3 rings (SSSR count). The Bertz CT molecular complexity index is 740. The van der Waals surface area contributed by atoms with E-state index in [1.807, 2.05) is 20.8 Å². The molecule has 2 heterocycles. The third-order valence-electron chi connectivity index (χ3n) is 3.75. The molecule has 2 N–H and O–H groups in total. The van der Waals surface area contributed by atoms with Crippen molar-refractivity contribution in [2.75, 3.05) is 5.32 Å². The van der Waals surface area contributed by atoms with Crippen LogP contribution in [0.2, 0.25) is 5.15 Å². The van der Waals surface area contributed by atoms with E-state index in [1.165, 1.54) is 0 Å². The maximum atomic E-state index is 12.0. The quantitative estimate of drug-likeness (QED) is 0.818. The molecular weight excluding hydrogens is 332 g/mol. The van der Waals surface area contributed by atoms with Crippen molar-refractivity contribution in [3.8, 4) is 0 Å². The van der Waals surface area contributed by atoms with E-state index in [-0.39, 0.29) is 12.1 Å². The number of hydrogen-bond acceptors (Lipinski definition) is 6. The summed E-state index contributed by atoms with van der Waals surface area (Å²) in [7, 11) is 0. The molecule has 1 fully saturated rings. The van der Waals surface area contributed by atoms with Crippen molar-refractivity contribution in [2.45, 2.75) is 57.7 Å². The number of nitrogens with one attached hydrogen (secondary N) is 2. The van der Waals surface area contributed by atoms with Gasteiger partial charge in [-0.3, -0.25) is 0 Å². The summed E-state index contributed by atoms with van der Waals surface area (Å²) in [6.45, 7) is 5.52. The second kappa shape index (κ2) is 6.47. The molecule has 130 valence electrons. The third-order valence-corrected chi connectivity index (χ3v) is 3.96. The van der Waals surface area contributed by atoms with Crippen LogP contribution in [-0.2, 0) is 4.74 Å². The lowest BCUT2D eigenvalue weighted by molar-refractivity contribution is 0.0503. The maximum absolute atomic E-state index is 12.0. The molecule has 0 aromatic carbocycles. The average molecular weight is 353 g/mol. The summed E-state index contributed by atoms with van der Waals surface area (Å²) >= 11 is 5.86. The third kappa shape index (κ3) is 4.08. The molecule has 7 nitrogen and oxygen atoms in total. The molecule has 8 heteroatoms. The van der Waals surface area contributed by atoms with Gasteiger partial charge in [0.2, 0.25) is 5.65 Å². The molecule has 0 radical (unpaired) electrons. The summed E-state index contributed by atoms with van der Waals surface area (Å²) < 4.78 is 10.9. The molecule has 0 aliphatic heterocycles. The second-order valence-corrected chi connectivity index (χ2v) is 7.30. The minimum atomic E-state index is -0.517. The van der Waals surface area contributed by atoms with Gasteiger partial charge in [0.25, 0.3) is 6.01 Å². The number of nitrogens with zero attached hydrogens (tertiary/aromatic N) is 2. The highest BCUT2D eigenvalue weighted by atomic mass is 35.5. The lowest BCUT2D eigenvalue weighted by Crippen LogP contribution is -2.45. The Hall–Kier alpha value is -2.02. The zero-order valence-corrected chi connectivity index (χ0v) is 14.7. The monoisotopic (exact) mass is 352 g/mol. The first-order valence-electron chi connectivity index (χ1n) is 7.99. The van der Waals surface area contributed by atoms with E-state index in [0.29, 0.717) is 22.4 Å². The second-order valence-electron chi connectivity index (χ2n) is 6.91. The molecule has 2 aromatic rings. The molecule has 2 aromatic heterocycles. The largest absolute Gasteiger partial charge is 0.444 e. The van der Waals surface area contributed by atoms with Crippen LogP contribution in [0.5, 0.6) is 0 Å². The Morgan fingerprint density at radius 3 is 2.79 bits per heavy atom. The van der Waals surface area contributed by atoms with Gasteiger partial charge in [0.1, 0.15) is 10.8 Å². The van der Waals surface area contributed by atoms with Crippen LogP contribution in [-0.4, -0.2) is 33.7 Å². The number of carbonyl (C=O) groups excluding carboxylic acids is 1. The number of anilines is 1. The SMILES string of the molecule is CC(C)(C)OC(=O)N[C@@H]1CCC[C@H]1Nc1nc2nc(Cl)ccc2o1. The van der Waals surface area contributed by atoms with E-state index in [1.54, 1.807) is 12.1 Å². The minimum absolute atomic E-state index is 0.0288. The number of oxazole rings is 1. The standard InChI is InChI=1S/C16H21ClN4O3/c1-16(2,3)24-15(22)19-10-6-4-5-9(10)18-14-21-13-11(23-14)7-8-12(17)20-13/h7-10H,4-6H2,1-3H3,(H,19,22)(H,18,20,21)/t9-,10-/m1/s1. The van der Waals surface area contributed by atoms with E-state index in [9.17, 15) is 4.79 Å². The van der Waals surface area contributed by atoms with Crippen molar-refractivity contribution in [3.63, 3.8) is 0 Å². The summed E-state index contributed by atoms with van der Waals surface area (Å²) in [6.07, 6.45) is 2.38. The van der Waals surface area contributed by atoms with E-state index in [2.05, 4.69) is 20.6 Å². The Morgan fingerprint density at radius 1 is 1.29 bits per heavy atom. The van der Waals surface area contributed by atoms with Crippen LogP contribution in [0.1, 0.15) is 40.0 Å². The smallest absolute Gasteiger partial charge is 0.407 e. The molecule has 1 saturated carbocycles. The topological polar surface area (TPSA) is 89.3 Å². The van der Waals surface area contributed by atoms with Crippen molar-refractivity contribution >= 4 is 34.9 Å². The van der Waals surface area contributed by atoms with E-state index >= 15 is 0 Å². The fourth-order valence-electron chi connectivity index (χ4n) is 2.78. The van der Waals surface area contributed by atoms with Crippen LogP contribution < -0.4 is 10.6 Å². The number of carbonyl (C=O) groups is 1. The van der Waals surface area contributed by atoms with Gasteiger partial charge in [0.15, 0.2) is 5.58 Å². The van der Waals surface area contributed by atoms with Crippen LogP contribution in [0.25, 0.3) is 11.2 Å². The molecule has 0 bridgehead atoms. The first-order valence-corrected chi connectivity index (χ1v) is 8.37. The molecule has 1 aliphatic carbocycles. The normalized spacial score (nSPS) is 21.0. The van der Waals surface area contributed by atoms with E-state index in [4.69, 9.17) is 20.8 Å². The van der Waals surface area contributed by atoms with Gasteiger partial charge in [-0.1, -0.05) is 11.6 Å². The van der Waals surface area contributed by atoms with Gasteiger partial charge in [-0.15, -0.1) is 0 Å². The summed E-state index contributed by atoms with van der Waals surface area (Å²) in [6, 6.07) is 3.75. The maximum Gasteiger partial charge on any atom is 0.407 e. The lowest BCUT2D eigenvalue weighted by atomic mass is 10.2. The molecule has 2 atom stereocenters. The molecule has 24 heavy (non-hydrogen) atoms. The summed E-state index contributed by atoms with van der Waals surface area (Å²) in [5.41, 5.74) is 0.507. The number of rotatable bonds is 3. The van der Waals surface area contributed by atoms with Gasteiger partial charge in [0, 0.05) is 0 Å². The van der Waals surface area contributed by atoms with Crippen LogP contribution in [0.4, 0.5) is 10.8 Å². The van der Waals surface area contributed by atoms with Crippen molar-refractivity contribution < 1.29 is 13.9 Å². The van der Waals surface area contributed by atoms with Gasteiger partial charge < -0.3 is 19.8 Å². The highest BCUT2D eigenvalue weighted by Crippen LogP contribution is 2.25. The Labute approximate surface area is 145 Å².